The van der Waals surface area contributed by atoms with Gasteiger partial charge in [0.2, 0.25) is 0 Å². The van der Waals surface area contributed by atoms with Crippen molar-refractivity contribution in [2.24, 2.45) is 0 Å². The molecule has 0 N–H and O–H groups in total. The predicted octanol–water partition coefficient (Wildman–Crippen LogP) is 3.24. The summed E-state index contributed by atoms with van der Waals surface area (Å²) in [7, 11) is -1.79. The molecule has 1 saturated carbocycles. The van der Waals surface area contributed by atoms with Gasteiger partial charge < -0.3 is 13.9 Å². The Morgan fingerprint density at radius 2 is 2.08 bits per heavy atom. The van der Waals surface area contributed by atoms with E-state index in [4.69, 9.17) is 13.9 Å². The van der Waals surface area contributed by atoms with E-state index in [1.807, 2.05) is 6.07 Å². The van der Waals surface area contributed by atoms with Gasteiger partial charge in [0.25, 0.3) is 0 Å². The Kier molecular flexibility index (Phi) is 6.01. The fourth-order valence-electron chi connectivity index (χ4n) is 2.78. The number of ether oxygens (including phenoxy) is 2. The number of hydrogen-bond acceptors (Lipinski definition) is 6. The zero-order valence-corrected chi connectivity index (χ0v) is 17.8. The van der Waals surface area contributed by atoms with Gasteiger partial charge in [0.05, 0.1) is 18.9 Å². The van der Waals surface area contributed by atoms with Crippen molar-refractivity contribution in [1.82, 2.24) is 14.9 Å². The van der Waals surface area contributed by atoms with Crippen molar-refractivity contribution >= 4 is 8.32 Å². The van der Waals surface area contributed by atoms with Gasteiger partial charge in [-0.2, -0.15) is 4.98 Å². The van der Waals surface area contributed by atoms with E-state index in [9.17, 15) is 0 Å². The molecule has 3 rings (SSSR count). The highest BCUT2D eigenvalue weighted by molar-refractivity contribution is 6.74. The maximum Gasteiger partial charge on any atom is 0.316 e. The molecule has 1 aliphatic heterocycles. The molecule has 0 bridgehead atoms. The highest BCUT2D eigenvalue weighted by atomic mass is 28.4. The molecule has 26 heavy (non-hydrogen) atoms. The zero-order valence-electron chi connectivity index (χ0n) is 16.8. The van der Waals surface area contributed by atoms with E-state index >= 15 is 0 Å². The molecular formula is C19H33N3O3Si. The van der Waals surface area contributed by atoms with Gasteiger partial charge in [0, 0.05) is 25.3 Å². The first kappa shape index (κ1) is 19.7. The van der Waals surface area contributed by atoms with Crippen LogP contribution in [0.5, 0.6) is 6.01 Å². The quantitative estimate of drug-likeness (QED) is 0.678. The van der Waals surface area contributed by atoms with Crippen LogP contribution in [0.15, 0.2) is 12.3 Å². The normalized spacial score (nSPS) is 22.4. The first-order valence-corrected chi connectivity index (χ1v) is 12.6. The van der Waals surface area contributed by atoms with Gasteiger partial charge in [-0.25, -0.2) is 4.98 Å². The summed E-state index contributed by atoms with van der Waals surface area (Å²) in [6, 6.07) is 3.08. The average molecular weight is 380 g/mol. The van der Waals surface area contributed by atoms with E-state index < -0.39 is 8.32 Å². The van der Waals surface area contributed by atoms with Crippen molar-refractivity contribution < 1.29 is 13.9 Å². The second-order valence-electron chi connectivity index (χ2n) is 8.91. The molecule has 2 aliphatic rings. The number of hydrogen-bond donors (Lipinski definition) is 0. The lowest BCUT2D eigenvalue weighted by molar-refractivity contribution is -0.0517. The molecule has 0 aromatic carbocycles. The lowest BCUT2D eigenvalue weighted by Crippen LogP contribution is -2.45. The number of rotatable bonds is 7. The van der Waals surface area contributed by atoms with Gasteiger partial charge in [0.15, 0.2) is 8.32 Å². The highest BCUT2D eigenvalue weighted by Crippen LogP contribution is 2.37. The second-order valence-corrected chi connectivity index (χ2v) is 13.7. The van der Waals surface area contributed by atoms with Crippen LogP contribution in [0.3, 0.4) is 0 Å². The molecule has 1 aromatic heterocycles. The maximum atomic E-state index is 6.24. The van der Waals surface area contributed by atoms with Gasteiger partial charge in [-0.05, 0) is 37.0 Å². The summed E-state index contributed by atoms with van der Waals surface area (Å²) in [6.07, 6.45) is 4.49. The molecule has 2 fully saturated rings. The van der Waals surface area contributed by atoms with E-state index in [1.165, 1.54) is 12.8 Å². The predicted molar refractivity (Wildman–Crippen MR) is 104 cm³/mol. The number of morpholine rings is 1. The topological polar surface area (TPSA) is 56.7 Å². The molecule has 0 radical (unpaired) electrons. The van der Waals surface area contributed by atoms with Crippen molar-refractivity contribution in [3.63, 3.8) is 0 Å². The van der Waals surface area contributed by atoms with Crippen LogP contribution in [0.25, 0.3) is 0 Å². The summed E-state index contributed by atoms with van der Waals surface area (Å²) < 4.78 is 17.9. The van der Waals surface area contributed by atoms with Crippen LogP contribution in [-0.4, -0.2) is 61.6 Å². The molecule has 6 nitrogen and oxygen atoms in total. The van der Waals surface area contributed by atoms with Crippen LogP contribution < -0.4 is 4.74 Å². The molecular weight excluding hydrogens is 346 g/mol. The average Bonchev–Trinajstić information content (AvgIpc) is 3.43. The third-order valence-electron chi connectivity index (χ3n) is 5.71. The van der Waals surface area contributed by atoms with Crippen LogP contribution in [0, 0.1) is 0 Å². The van der Waals surface area contributed by atoms with E-state index in [0.717, 1.165) is 31.4 Å². The Labute approximate surface area is 158 Å². The summed E-state index contributed by atoms with van der Waals surface area (Å²) in [4.78, 5) is 11.3. The smallest absolute Gasteiger partial charge is 0.316 e. The number of aromatic nitrogens is 2. The third kappa shape index (κ3) is 5.25. The molecule has 1 atom stereocenters. The fraction of sp³-hybridized carbons (Fsp3) is 0.789. The molecule has 0 amide bonds. The van der Waals surface area contributed by atoms with E-state index in [-0.39, 0.29) is 11.1 Å². The first-order valence-electron chi connectivity index (χ1n) is 9.69. The minimum atomic E-state index is -1.79. The largest absolute Gasteiger partial charge is 0.461 e. The monoisotopic (exact) mass is 379 g/mol. The van der Waals surface area contributed by atoms with Crippen LogP contribution >= 0.6 is 0 Å². The Morgan fingerprint density at radius 3 is 2.77 bits per heavy atom. The van der Waals surface area contributed by atoms with E-state index in [1.54, 1.807) is 6.20 Å². The van der Waals surface area contributed by atoms with Gasteiger partial charge in [-0.3, -0.25) is 4.90 Å². The standard InChI is InChI=1S/C19H33N3O3Si/c1-19(2,3)26(4,5)25-13-15-8-9-20-18(21-15)24-14-17-12-22(10-11-23-17)16-6-7-16/h8-9,16-17H,6-7,10-14H2,1-5H3. The minimum Gasteiger partial charge on any atom is -0.461 e. The maximum absolute atomic E-state index is 6.24. The van der Waals surface area contributed by atoms with Crippen molar-refractivity contribution in [2.75, 3.05) is 26.3 Å². The van der Waals surface area contributed by atoms with Crippen LogP contribution in [0.2, 0.25) is 18.1 Å². The zero-order chi connectivity index (χ0) is 18.8. The molecule has 2 heterocycles. The fourth-order valence-corrected chi connectivity index (χ4v) is 3.72. The summed E-state index contributed by atoms with van der Waals surface area (Å²) in [6.45, 7) is 15.0. The lowest BCUT2D eigenvalue weighted by atomic mass is 10.2. The van der Waals surface area contributed by atoms with Gasteiger partial charge in [-0.1, -0.05) is 20.8 Å². The molecule has 1 unspecified atom stereocenters. The van der Waals surface area contributed by atoms with Gasteiger partial charge in [-0.15, -0.1) is 0 Å². The van der Waals surface area contributed by atoms with E-state index in [0.29, 0.717) is 19.2 Å². The SMILES string of the molecule is CC(C)(C)[Si](C)(C)OCc1ccnc(OCC2CN(C3CC3)CCO2)n1. The summed E-state index contributed by atoms with van der Waals surface area (Å²) in [5.41, 5.74) is 0.865. The van der Waals surface area contributed by atoms with Crippen LogP contribution in [0.4, 0.5) is 0 Å². The molecule has 1 aromatic rings. The number of nitrogens with zero attached hydrogens (tertiary/aromatic N) is 3. The molecule has 7 heteroatoms. The lowest BCUT2D eigenvalue weighted by Gasteiger charge is -2.36. The Hall–Kier alpha value is -1.02. The first-order chi connectivity index (χ1) is 12.2. The van der Waals surface area contributed by atoms with Crippen LogP contribution in [-0.2, 0) is 15.8 Å². The van der Waals surface area contributed by atoms with Gasteiger partial charge >= 0.3 is 6.01 Å². The van der Waals surface area contributed by atoms with Gasteiger partial charge in [0.1, 0.15) is 12.7 Å². The molecule has 146 valence electrons. The van der Waals surface area contributed by atoms with E-state index in [2.05, 4.69) is 48.7 Å². The summed E-state index contributed by atoms with van der Waals surface area (Å²) in [5, 5.41) is 0.186. The van der Waals surface area contributed by atoms with Crippen molar-refractivity contribution in [3.05, 3.63) is 18.0 Å². The summed E-state index contributed by atoms with van der Waals surface area (Å²) in [5.74, 6) is 0. The molecule has 0 spiro atoms. The van der Waals surface area contributed by atoms with Crippen molar-refractivity contribution in [3.8, 4) is 6.01 Å². The third-order valence-corrected chi connectivity index (χ3v) is 10.2. The highest BCUT2D eigenvalue weighted by Gasteiger charge is 2.37. The Balaban J connectivity index is 1.49. The van der Waals surface area contributed by atoms with Crippen LogP contribution in [0.1, 0.15) is 39.3 Å². The Morgan fingerprint density at radius 1 is 1.31 bits per heavy atom. The Bertz CT molecular complexity index is 602. The summed E-state index contributed by atoms with van der Waals surface area (Å²) >= 11 is 0. The second kappa shape index (κ2) is 7.92. The molecule has 1 aliphatic carbocycles. The minimum absolute atomic E-state index is 0.0973. The van der Waals surface area contributed by atoms with Crippen molar-refractivity contribution in [2.45, 2.75) is 70.5 Å². The van der Waals surface area contributed by atoms with Crippen molar-refractivity contribution in [1.29, 1.82) is 0 Å². The molecule has 1 saturated heterocycles.